The van der Waals surface area contributed by atoms with Crippen LogP contribution in [0.4, 0.5) is 17.1 Å². The van der Waals surface area contributed by atoms with Gasteiger partial charge in [0.25, 0.3) is 0 Å². The topological polar surface area (TPSA) is 16.4 Å². The Morgan fingerprint density at radius 1 is 0.259 bits per heavy atom. The fourth-order valence-corrected chi connectivity index (χ4v) is 8.53. The molecule has 0 radical (unpaired) electrons. The summed E-state index contributed by atoms with van der Waals surface area (Å²) in [6.45, 7) is 0. The Bertz CT molecular complexity index is 3240. The molecule has 0 saturated carbocycles. The zero-order chi connectivity index (χ0) is 38.4. The Balaban J connectivity index is 0.976. The SMILES string of the molecule is c1ccc(-c2ccc(N(c3ccc(-c4ccc5oc6ccc(-c7ccccc7)cc6c5c4)cc3)c3ccc(-c4cc5ccccc5c5ccccc45)cc3)cc2)cc1. The Labute approximate surface area is 337 Å². The van der Waals surface area contributed by atoms with Gasteiger partial charge in [0.1, 0.15) is 11.2 Å². The molecule has 2 nitrogen and oxygen atoms in total. The van der Waals surface area contributed by atoms with Gasteiger partial charge < -0.3 is 9.32 Å². The number of hydrogen-bond acceptors (Lipinski definition) is 2. The normalized spacial score (nSPS) is 11.4. The van der Waals surface area contributed by atoms with Crippen molar-refractivity contribution in [3.05, 3.63) is 224 Å². The Kier molecular flexibility index (Phi) is 8.19. The number of fused-ring (bicyclic) bond motifs is 6. The van der Waals surface area contributed by atoms with Crippen LogP contribution in [-0.2, 0) is 0 Å². The molecular weight excluding hydrogens is 703 g/mol. The van der Waals surface area contributed by atoms with Gasteiger partial charge >= 0.3 is 0 Å². The second-order valence-electron chi connectivity index (χ2n) is 14.9. The lowest BCUT2D eigenvalue weighted by atomic mass is 9.93. The van der Waals surface area contributed by atoms with Crippen LogP contribution >= 0.6 is 0 Å². The van der Waals surface area contributed by atoms with E-state index < -0.39 is 0 Å². The molecule has 0 aliphatic rings. The Morgan fingerprint density at radius 3 is 1.21 bits per heavy atom. The van der Waals surface area contributed by atoms with Crippen molar-refractivity contribution in [1.29, 1.82) is 0 Å². The summed E-state index contributed by atoms with van der Waals surface area (Å²) in [5.74, 6) is 0. The highest BCUT2D eigenvalue weighted by Crippen LogP contribution is 2.41. The van der Waals surface area contributed by atoms with Crippen molar-refractivity contribution in [2.75, 3.05) is 4.90 Å². The Hall–Kier alpha value is -7.68. The van der Waals surface area contributed by atoms with Crippen LogP contribution < -0.4 is 4.90 Å². The molecule has 1 aromatic heterocycles. The van der Waals surface area contributed by atoms with Crippen LogP contribution in [0.15, 0.2) is 229 Å². The van der Waals surface area contributed by atoms with Crippen molar-refractivity contribution in [3.63, 3.8) is 0 Å². The van der Waals surface area contributed by atoms with Gasteiger partial charge in [0.2, 0.25) is 0 Å². The van der Waals surface area contributed by atoms with Gasteiger partial charge in [-0.15, -0.1) is 0 Å². The van der Waals surface area contributed by atoms with Crippen molar-refractivity contribution in [3.8, 4) is 44.5 Å². The minimum absolute atomic E-state index is 0.894. The lowest BCUT2D eigenvalue weighted by Crippen LogP contribution is -2.09. The third kappa shape index (κ3) is 6.00. The number of hydrogen-bond donors (Lipinski definition) is 0. The predicted octanol–water partition coefficient (Wildman–Crippen LogP) is 16.0. The number of furan rings is 1. The molecule has 1 heterocycles. The van der Waals surface area contributed by atoms with Gasteiger partial charge in [0.05, 0.1) is 0 Å². The largest absolute Gasteiger partial charge is 0.456 e. The fraction of sp³-hybridized carbons (Fsp3) is 0. The number of anilines is 3. The Morgan fingerprint density at radius 2 is 0.655 bits per heavy atom. The summed E-state index contributed by atoms with van der Waals surface area (Å²) in [7, 11) is 0. The van der Waals surface area contributed by atoms with Crippen molar-refractivity contribution in [2.24, 2.45) is 0 Å². The van der Waals surface area contributed by atoms with Crippen molar-refractivity contribution in [2.45, 2.75) is 0 Å². The monoisotopic (exact) mass is 739 g/mol. The molecule has 0 spiro atoms. The number of nitrogens with zero attached hydrogens (tertiary/aromatic N) is 1. The molecule has 0 aliphatic heterocycles. The van der Waals surface area contributed by atoms with E-state index in [1.807, 2.05) is 0 Å². The van der Waals surface area contributed by atoms with Gasteiger partial charge in [-0.3, -0.25) is 0 Å². The molecule has 272 valence electrons. The van der Waals surface area contributed by atoms with Gasteiger partial charge in [0.15, 0.2) is 0 Å². The standard InChI is InChI=1S/C56H37NO/c1-3-11-38(12-4-1)40-19-27-46(28-20-40)57(48-31-23-42(24-32-48)52-37-45-15-7-8-16-49(45)50-17-9-10-18-51(50)52)47-29-21-41(22-30-47)44-26-34-56-54(36-44)53-35-43(25-33-55(53)58-56)39-13-5-2-6-14-39/h1-37H. The average molecular weight is 740 g/mol. The second-order valence-corrected chi connectivity index (χ2v) is 14.9. The van der Waals surface area contributed by atoms with Gasteiger partial charge in [-0.2, -0.15) is 0 Å². The third-order valence-corrected chi connectivity index (χ3v) is 11.5. The van der Waals surface area contributed by atoms with Crippen LogP contribution in [0.5, 0.6) is 0 Å². The molecule has 10 aromatic carbocycles. The molecular formula is C56H37NO. The molecule has 0 amide bonds. The first kappa shape index (κ1) is 33.6. The third-order valence-electron chi connectivity index (χ3n) is 11.5. The minimum atomic E-state index is 0.894. The summed E-state index contributed by atoms with van der Waals surface area (Å²) in [6, 6.07) is 80.7. The van der Waals surface area contributed by atoms with E-state index in [0.29, 0.717) is 0 Å². The maximum atomic E-state index is 6.29. The summed E-state index contributed by atoms with van der Waals surface area (Å²) in [5, 5.41) is 7.31. The summed E-state index contributed by atoms with van der Waals surface area (Å²) in [5.41, 5.74) is 14.6. The molecule has 0 atom stereocenters. The van der Waals surface area contributed by atoms with E-state index in [1.165, 1.54) is 54.9 Å². The van der Waals surface area contributed by atoms with Crippen molar-refractivity contribution < 1.29 is 4.42 Å². The highest BCUT2D eigenvalue weighted by Gasteiger charge is 2.16. The average Bonchev–Trinajstić information content (AvgIpc) is 3.67. The summed E-state index contributed by atoms with van der Waals surface area (Å²) in [4.78, 5) is 2.35. The molecule has 0 aliphatic carbocycles. The molecule has 0 bridgehead atoms. The van der Waals surface area contributed by atoms with Crippen molar-refractivity contribution in [1.82, 2.24) is 0 Å². The smallest absolute Gasteiger partial charge is 0.135 e. The first-order valence-electron chi connectivity index (χ1n) is 19.8. The van der Waals surface area contributed by atoms with Crippen LogP contribution in [0.25, 0.3) is 88.0 Å². The van der Waals surface area contributed by atoms with E-state index in [0.717, 1.165) is 50.1 Å². The van der Waals surface area contributed by atoms with E-state index in [9.17, 15) is 0 Å². The van der Waals surface area contributed by atoms with Crippen LogP contribution in [-0.4, -0.2) is 0 Å². The highest BCUT2D eigenvalue weighted by molar-refractivity contribution is 6.14. The maximum Gasteiger partial charge on any atom is 0.135 e. The predicted molar refractivity (Wildman–Crippen MR) is 245 cm³/mol. The van der Waals surface area contributed by atoms with Gasteiger partial charge in [-0.25, -0.2) is 0 Å². The molecule has 0 saturated heterocycles. The maximum absolute atomic E-state index is 6.29. The minimum Gasteiger partial charge on any atom is -0.456 e. The lowest BCUT2D eigenvalue weighted by Gasteiger charge is -2.26. The second kappa shape index (κ2) is 14.1. The number of benzene rings is 10. The summed E-state index contributed by atoms with van der Waals surface area (Å²) < 4.78 is 6.29. The zero-order valence-corrected chi connectivity index (χ0v) is 31.7. The van der Waals surface area contributed by atoms with Crippen LogP contribution in [0.3, 0.4) is 0 Å². The van der Waals surface area contributed by atoms with E-state index in [-0.39, 0.29) is 0 Å². The van der Waals surface area contributed by atoms with Crippen LogP contribution in [0.2, 0.25) is 0 Å². The van der Waals surface area contributed by atoms with Crippen LogP contribution in [0, 0.1) is 0 Å². The summed E-state index contributed by atoms with van der Waals surface area (Å²) in [6.07, 6.45) is 0. The summed E-state index contributed by atoms with van der Waals surface area (Å²) >= 11 is 0. The number of rotatable bonds is 7. The van der Waals surface area contributed by atoms with E-state index in [2.05, 4.69) is 229 Å². The first-order valence-corrected chi connectivity index (χ1v) is 19.8. The molecule has 11 aromatic rings. The molecule has 0 fully saturated rings. The molecule has 2 heteroatoms. The van der Waals surface area contributed by atoms with Gasteiger partial charge in [0, 0.05) is 27.8 Å². The molecule has 0 N–H and O–H groups in total. The van der Waals surface area contributed by atoms with Gasteiger partial charge in [-0.05, 0) is 133 Å². The molecule has 58 heavy (non-hydrogen) atoms. The van der Waals surface area contributed by atoms with E-state index in [1.54, 1.807) is 0 Å². The highest BCUT2D eigenvalue weighted by atomic mass is 16.3. The first-order chi connectivity index (χ1) is 28.7. The zero-order valence-electron chi connectivity index (χ0n) is 31.7. The quantitative estimate of drug-likeness (QED) is 0.151. The van der Waals surface area contributed by atoms with Crippen LogP contribution in [0.1, 0.15) is 0 Å². The fourth-order valence-electron chi connectivity index (χ4n) is 8.53. The lowest BCUT2D eigenvalue weighted by molar-refractivity contribution is 0.669. The van der Waals surface area contributed by atoms with E-state index >= 15 is 0 Å². The van der Waals surface area contributed by atoms with E-state index in [4.69, 9.17) is 4.42 Å². The van der Waals surface area contributed by atoms with Crippen molar-refractivity contribution >= 4 is 60.5 Å². The molecule has 11 rings (SSSR count). The van der Waals surface area contributed by atoms with Gasteiger partial charge in [-0.1, -0.05) is 158 Å². The molecule has 0 unspecified atom stereocenters.